The first-order chi connectivity index (χ1) is 6.72. The number of furan rings is 1. The van der Waals surface area contributed by atoms with Gasteiger partial charge in [0, 0.05) is 12.0 Å². The van der Waals surface area contributed by atoms with E-state index in [2.05, 4.69) is 0 Å². The molecule has 0 aliphatic carbocycles. The van der Waals surface area contributed by atoms with E-state index in [4.69, 9.17) is 20.8 Å². The molecule has 0 bridgehead atoms. The maximum atomic E-state index is 11.3. The largest absolute Gasteiger partial charge is 0.460 e. The van der Waals surface area contributed by atoms with Crippen LogP contribution in [-0.4, -0.2) is 12.6 Å². The highest BCUT2D eigenvalue weighted by Gasteiger charge is 2.15. The van der Waals surface area contributed by atoms with E-state index in [0.29, 0.717) is 12.5 Å². The highest BCUT2D eigenvalue weighted by Crippen LogP contribution is 2.18. The molecular weight excluding hydrogens is 204 g/mol. The fourth-order valence-electron chi connectivity index (χ4n) is 1.18. The topological polar surface area (TPSA) is 39.4 Å². The van der Waals surface area contributed by atoms with Crippen molar-refractivity contribution in [2.24, 2.45) is 0 Å². The number of carbonyl (C=O) groups excluding carboxylic acids is 1. The molecule has 0 saturated carbocycles. The maximum absolute atomic E-state index is 11.3. The quantitative estimate of drug-likeness (QED) is 0.574. The SMILES string of the molecule is CCOC(=O)c1cc(CCl)c(CC)o1. The summed E-state index contributed by atoms with van der Waals surface area (Å²) in [7, 11) is 0. The van der Waals surface area contributed by atoms with E-state index in [-0.39, 0.29) is 5.76 Å². The van der Waals surface area contributed by atoms with Crippen molar-refractivity contribution in [3.63, 3.8) is 0 Å². The Balaban J connectivity index is 2.88. The number of hydrogen-bond donors (Lipinski definition) is 0. The Hall–Kier alpha value is -0.960. The highest BCUT2D eigenvalue weighted by atomic mass is 35.5. The number of carbonyl (C=O) groups is 1. The molecule has 0 fully saturated rings. The van der Waals surface area contributed by atoms with Crippen LogP contribution in [-0.2, 0) is 17.0 Å². The Morgan fingerprint density at radius 2 is 2.29 bits per heavy atom. The zero-order chi connectivity index (χ0) is 10.6. The molecule has 4 heteroatoms. The Morgan fingerprint density at radius 3 is 2.71 bits per heavy atom. The van der Waals surface area contributed by atoms with Crippen molar-refractivity contribution in [2.45, 2.75) is 26.1 Å². The molecule has 0 aliphatic heterocycles. The van der Waals surface area contributed by atoms with E-state index in [0.717, 1.165) is 17.7 Å². The van der Waals surface area contributed by atoms with Crippen LogP contribution in [0.3, 0.4) is 0 Å². The molecule has 0 saturated heterocycles. The number of hydrogen-bond acceptors (Lipinski definition) is 3. The molecule has 0 unspecified atom stereocenters. The first-order valence-electron chi connectivity index (χ1n) is 4.57. The molecule has 0 amide bonds. The van der Waals surface area contributed by atoms with E-state index in [1.54, 1.807) is 13.0 Å². The van der Waals surface area contributed by atoms with Gasteiger partial charge in [0.25, 0.3) is 0 Å². The van der Waals surface area contributed by atoms with E-state index >= 15 is 0 Å². The second-order valence-electron chi connectivity index (χ2n) is 2.77. The summed E-state index contributed by atoms with van der Waals surface area (Å²) in [4.78, 5) is 11.3. The van der Waals surface area contributed by atoms with Gasteiger partial charge in [-0.3, -0.25) is 0 Å². The summed E-state index contributed by atoms with van der Waals surface area (Å²) < 4.78 is 10.1. The fraction of sp³-hybridized carbons (Fsp3) is 0.500. The van der Waals surface area contributed by atoms with E-state index in [1.165, 1.54) is 0 Å². The summed E-state index contributed by atoms with van der Waals surface area (Å²) in [5, 5.41) is 0. The van der Waals surface area contributed by atoms with Gasteiger partial charge in [-0.2, -0.15) is 0 Å². The predicted octanol–water partition coefficient (Wildman–Crippen LogP) is 2.76. The second-order valence-corrected chi connectivity index (χ2v) is 3.03. The summed E-state index contributed by atoms with van der Waals surface area (Å²) in [5.74, 6) is 0.910. The number of alkyl halides is 1. The summed E-state index contributed by atoms with van der Waals surface area (Å²) >= 11 is 5.69. The van der Waals surface area contributed by atoms with E-state index < -0.39 is 5.97 Å². The lowest BCUT2D eigenvalue weighted by atomic mass is 10.2. The normalized spacial score (nSPS) is 10.2. The Bertz CT molecular complexity index is 296. The maximum Gasteiger partial charge on any atom is 0.374 e. The molecule has 0 aliphatic rings. The highest BCUT2D eigenvalue weighted by molar-refractivity contribution is 6.17. The minimum atomic E-state index is -0.432. The fourth-order valence-corrected chi connectivity index (χ4v) is 1.41. The van der Waals surface area contributed by atoms with Gasteiger partial charge in [-0.1, -0.05) is 6.92 Å². The Labute approximate surface area is 88.0 Å². The van der Waals surface area contributed by atoms with Gasteiger partial charge in [0.1, 0.15) is 5.76 Å². The molecular formula is C10H13ClO3. The third-order valence-corrected chi connectivity index (χ3v) is 2.13. The van der Waals surface area contributed by atoms with Crippen LogP contribution in [0.4, 0.5) is 0 Å². The lowest BCUT2D eigenvalue weighted by Gasteiger charge is -1.96. The number of esters is 1. The molecule has 1 rings (SSSR count). The van der Waals surface area contributed by atoms with Crippen LogP contribution < -0.4 is 0 Å². The van der Waals surface area contributed by atoms with Crippen LogP contribution in [0.5, 0.6) is 0 Å². The summed E-state index contributed by atoms with van der Waals surface area (Å²) in [5.41, 5.74) is 0.859. The van der Waals surface area contributed by atoms with Crippen molar-refractivity contribution >= 4 is 17.6 Å². The Kier molecular flexibility index (Phi) is 4.01. The lowest BCUT2D eigenvalue weighted by Crippen LogP contribution is -2.02. The zero-order valence-corrected chi connectivity index (χ0v) is 9.06. The standard InChI is InChI=1S/C10H13ClO3/c1-3-8-7(6-11)5-9(14-8)10(12)13-4-2/h5H,3-4,6H2,1-2H3. The van der Waals surface area contributed by atoms with Crippen molar-refractivity contribution < 1.29 is 13.9 Å². The first kappa shape index (κ1) is 11.1. The van der Waals surface area contributed by atoms with E-state index in [9.17, 15) is 4.79 Å². The third kappa shape index (κ3) is 2.29. The molecule has 1 aromatic heterocycles. The van der Waals surface area contributed by atoms with Gasteiger partial charge < -0.3 is 9.15 Å². The third-order valence-electron chi connectivity index (χ3n) is 1.84. The number of ether oxygens (including phenoxy) is 1. The summed E-state index contributed by atoms with van der Waals surface area (Å²) in [6, 6.07) is 1.64. The van der Waals surface area contributed by atoms with Crippen LogP contribution >= 0.6 is 11.6 Å². The minimum absolute atomic E-state index is 0.236. The summed E-state index contributed by atoms with van der Waals surface area (Å²) in [6.45, 7) is 4.05. The monoisotopic (exact) mass is 216 g/mol. The molecule has 0 spiro atoms. The van der Waals surface area contributed by atoms with Gasteiger partial charge in [-0.25, -0.2) is 4.79 Å². The van der Waals surface area contributed by atoms with Gasteiger partial charge >= 0.3 is 5.97 Å². The van der Waals surface area contributed by atoms with Crippen molar-refractivity contribution in [1.29, 1.82) is 0 Å². The molecule has 3 nitrogen and oxygen atoms in total. The summed E-state index contributed by atoms with van der Waals surface area (Å²) in [6.07, 6.45) is 0.724. The average molecular weight is 217 g/mol. The van der Waals surface area contributed by atoms with Crippen molar-refractivity contribution in [3.05, 3.63) is 23.2 Å². The number of halogens is 1. The van der Waals surface area contributed by atoms with Crippen LogP contribution in [0.15, 0.2) is 10.5 Å². The van der Waals surface area contributed by atoms with Gasteiger partial charge in [0.2, 0.25) is 5.76 Å². The molecule has 0 radical (unpaired) electrons. The van der Waals surface area contributed by atoms with E-state index in [1.807, 2.05) is 6.92 Å². The molecule has 0 N–H and O–H groups in total. The molecule has 14 heavy (non-hydrogen) atoms. The van der Waals surface area contributed by atoms with Crippen LogP contribution in [0, 0.1) is 0 Å². The van der Waals surface area contributed by atoms with Crippen LogP contribution in [0.25, 0.3) is 0 Å². The smallest absolute Gasteiger partial charge is 0.374 e. The van der Waals surface area contributed by atoms with Crippen LogP contribution in [0.2, 0.25) is 0 Å². The van der Waals surface area contributed by atoms with Crippen molar-refractivity contribution in [2.75, 3.05) is 6.61 Å². The molecule has 1 heterocycles. The van der Waals surface area contributed by atoms with Gasteiger partial charge in [-0.05, 0) is 13.0 Å². The first-order valence-corrected chi connectivity index (χ1v) is 5.11. The zero-order valence-electron chi connectivity index (χ0n) is 8.30. The molecule has 0 atom stereocenters. The number of rotatable bonds is 4. The van der Waals surface area contributed by atoms with Gasteiger partial charge in [0.15, 0.2) is 0 Å². The molecule has 0 aromatic carbocycles. The van der Waals surface area contributed by atoms with Crippen LogP contribution in [0.1, 0.15) is 35.7 Å². The number of aryl methyl sites for hydroxylation is 1. The van der Waals surface area contributed by atoms with Gasteiger partial charge in [-0.15, -0.1) is 11.6 Å². The Morgan fingerprint density at radius 1 is 1.57 bits per heavy atom. The lowest BCUT2D eigenvalue weighted by molar-refractivity contribution is 0.0488. The van der Waals surface area contributed by atoms with Crippen molar-refractivity contribution in [1.82, 2.24) is 0 Å². The van der Waals surface area contributed by atoms with Crippen molar-refractivity contribution in [3.8, 4) is 0 Å². The second kappa shape index (κ2) is 5.05. The average Bonchev–Trinajstić information content (AvgIpc) is 2.61. The predicted molar refractivity (Wildman–Crippen MR) is 53.6 cm³/mol. The molecule has 78 valence electrons. The van der Waals surface area contributed by atoms with Gasteiger partial charge in [0.05, 0.1) is 12.5 Å². The minimum Gasteiger partial charge on any atom is -0.460 e. The molecule has 1 aromatic rings.